The van der Waals surface area contributed by atoms with Gasteiger partial charge in [-0.3, -0.25) is 0 Å². The van der Waals surface area contributed by atoms with Gasteiger partial charge in [-0.25, -0.2) is 24.3 Å². The van der Waals surface area contributed by atoms with Crippen LogP contribution in [-0.2, 0) is 0 Å². The lowest BCUT2D eigenvalue weighted by molar-refractivity contribution is 0.629. The van der Waals surface area contributed by atoms with E-state index >= 15 is 0 Å². The molecular formula is C22H17FN6. The Labute approximate surface area is 165 Å². The van der Waals surface area contributed by atoms with Crippen LogP contribution in [0.1, 0.15) is 18.5 Å². The molecule has 0 unspecified atom stereocenters. The van der Waals surface area contributed by atoms with E-state index < -0.39 is 0 Å². The van der Waals surface area contributed by atoms with Crippen molar-refractivity contribution in [1.29, 1.82) is 0 Å². The van der Waals surface area contributed by atoms with Crippen LogP contribution in [0.5, 0.6) is 0 Å². The third-order valence-corrected chi connectivity index (χ3v) is 4.89. The summed E-state index contributed by atoms with van der Waals surface area (Å²) in [4.78, 5) is 20.6. The summed E-state index contributed by atoms with van der Waals surface area (Å²) in [6.45, 7) is 2.04. The van der Waals surface area contributed by atoms with E-state index in [0.29, 0.717) is 22.5 Å². The molecule has 3 heterocycles. The topological polar surface area (TPSA) is 79.4 Å². The van der Waals surface area contributed by atoms with Crippen molar-refractivity contribution < 1.29 is 4.39 Å². The van der Waals surface area contributed by atoms with Crippen LogP contribution < -0.4 is 5.32 Å². The Morgan fingerprint density at radius 3 is 2.72 bits per heavy atom. The maximum atomic E-state index is 13.8. The molecule has 0 amide bonds. The average molecular weight is 384 g/mol. The van der Waals surface area contributed by atoms with Gasteiger partial charge in [-0.1, -0.05) is 30.3 Å². The number of anilines is 1. The molecule has 0 aliphatic carbocycles. The Kier molecular flexibility index (Phi) is 4.13. The Morgan fingerprint density at radius 2 is 1.86 bits per heavy atom. The lowest BCUT2D eigenvalue weighted by Crippen LogP contribution is -2.11. The van der Waals surface area contributed by atoms with E-state index in [1.54, 1.807) is 12.4 Å². The van der Waals surface area contributed by atoms with E-state index in [2.05, 4.69) is 25.3 Å². The highest BCUT2D eigenvalue weighted by molar-refractivity contribution is 5.85. The highest BCUT2D eigenvalue weighted by Crippen LogP contribution is 2.32. The molecule has 1 atom stereocenters. The summed E-state index contributed by atoms with van der Waals surface area (Å²) >= 11 is 0. The van der Waals surface area contributed by atoms with Crippen LogP contribution in [-0.4, -0.2) is 24.9 Å². The van der Waals surface area contributed by atoms with Crippen LogP contribution in [0.3, 0.4) is 0 Å². The number of nitrogens with zero attached hydrogens (tertiary/aromatic N) is 4. The minimum Gasteiger partial charge on any atom is -0.362 e. The minimum atomic E-state index is -0.301. The van der Waals surface area contributed by atoms with Crippen LogP contribution in [0.25, 0.3) is 33.3 Å². The number of fused-ring (bicyclic) bond motifs is 2. The van der Waals surface area contributed by atoms with Crippen molar-refractivity contribution >= 4 is 27.9 Å². The summed E-state index contributed by atoms with van der Waals surface area (Å²) in [6.07, 6.45) is 3.09. The Morgan fingerprint density at radius 1 is 1.00 bits per heavy atom. The Balaban J connectivity index is 1.64. The van der Waals surface area contributed by atoms with Crippen molar-refractivity contribution in [2.75, 3.05) is 5.32 Å². The smallest absolute Gasteiger partial charge is 0.162 e. The van der Waals surface area contributed by atoms with Crippen molar-refractivity contribution in [1.82, 2.24) is 24.9 Å². The zero-order valence-corrected chi connectivity index (χ0v) is 15.6. The summed E-state index contributed by atoms with van der Waals surface area (Å²) in [5.41, 5.74) is 4.72. The third-order valence-electron chi connectivity index (χ3n) is 4.89. The van der Waals surface area contributed by atoms with Crippen molar-refractivity contribution in [3.8, 4) is 11.3 Å². The normalized spacial score (nSPS) is 12.3. The van der Waals surface area contributed by atoms with Crippen molar-refractivity contribution in [3.63, 3.8) is 0 Å². The zero-order chi connectivity index (χ0) is 19.8. The first-order valence-corrected chi connectivity index (χ1v) is 9.25. The number of aromatic amines is 1. The molecule has 0 bridgehead atoms. The van der Waals surface area contributed by atoms with Gasteiger partial charge in [-0.2, -0.15) is 0 Å². The monoisotopic (exact) mass is 384 g/mol. The maximum absolute atomic E-state index is 13.8. The predicted molar refractivity (Wildman–Crippen MR) is 111 cm³/mol. The molecule has 2 N–H and O–H groups in total. The van der Waals surface area contributed by atoms with E-state index in [9.17, 15) is 4.39 Å². The fraction of sp³-hybridized carbons (Fsp3) is 0.0909. The zero-order valence-electron chi connectivity index (χ0n) is 15.6. The second-order valence-electron chi connectivity index (χ2n) is 6.82. The first kappa shape index (κ1) is 17.2. The van der Waals surface area contributed by atoms with Gasteiger partial charge in [0, 0.05) is 22.6 Å². The van der Waals surface area contributed by atoms with E-state index in [1.165, 1.54) is 18.5 Å². The van der Waals surface area contributed by atoms with Gasteiger partial charge in [-0.15, -0.1) is 0 Å². The second-order valence-corrected chi connectivity index (χ2v) is 6.82. The van der Waals surface area contributed by atoms with Gasteiger partial charge in [0.2, 0.25) is 0 Å². The van der Waals surface area contributed by atoms with Crippen LogP contribution in [0, 0.1) is 5.82 Å². The number of H-pyrrole nitrogens is 1. The predicted octanol–water partition coefficient (Wildman–Crippen LogP) is 4.88. The number of pyridine rings is 1. The second kappa shape index (κ2) is 6.94. The standard InChI is InChI=1S/C22H17FN6/c1-13(28-22-20-21(25-11-24-20)26-12-27-22)17-9-15-7-8-16(23)10-18(15)29-19(17)14-5-3-2-4-6-14/h2-13H,1H3,(H2,24,25,26,27,28)/t13-/m0/s1. The first-order chi connectivity index (χ1) is 14.2. The van der Waals surface area contributed by atoms with E-state index in [0.717, 1.165) is 22.2 Å². The molecule has 0 saturated heterocycles. The molecule has 0 aliphatic rings. The third kappa shape index (κ3) is 3.16. The summed E-state index contributed by atoms with van der Waals surface area (Å²) in [6, 6.07) is 16.5. The van der Waals surface area contributed by atoms with Gasteiger partial charge >= 0.3 is 0 Å². The number of imidazole rings is 1. The quantitative estimate of drug-likeness (QED) is 0.462. The molecule has 5 rings (SSSR count). The molecule has 0 saturated carbocycles. The summed E-state index contributed by atoms with van der Waals surface area (Å²) in [7, 11) is 0. The van der Waals surface area contributed by atoms with E-state index in [-0.39, 0.29) is 11.9 Å². The average Bonchev–Trinajstić information content (AvgIpc) is 3.23. The van der Waals surface area contributed by atoms with Crippen LogP contribution in [0.2, 0.25) is 0 Å². The van der Waals surface area contributed by atoms with Gasteiger partial charge in [0.15, 0.2) is 11.5 Å². The number of hydrogen-bond donors (Lipinski definition) is 2. The highest BCUT2D eigenvalue weighted by Gasteiger charge is 2.17. The molecule has 0 spiro atoms. The SMILES string of the molecule is C[C@H](Nc1ncnc2[nH]cnc12)c1cc2ccc(F)cc2nc1-c1ccccc1. The van der Waals surface area contributed by atoms with Crippen molar-refractivity contribution in [2.45, 2.75) is 13.0 Å². The Bertz CT molecular complexity index is 1320. The van der Waals surface area contributed by atoms with Gasteiger partial charge in [0.05, 0.1) is 23.6 Å². The minimum absolute atomic E-state index is 0.123. The highest BCUT2D eigenvalue weighted by atomic mass is 19.1. The van der Waals surface area contributed by atoms with Gasteiger partial charge < -0.3 is 10.3 Å². The molecule has 29 heavy (non-hydrogen) atoms. The summed E-state index contributed by atoms with van der Waals surface area (Å²) in [5.74, 6) is 0.340. The first-order valence-electron chi connectivity index (χ1n) is 9.25. The van der Waals surface area contributed by atoms with Gasteiger partial charge in [0.1, 0.15) is 17.7 Å². The molecule has 0 radical (unpaired) electrons. The number of aromatic nitrogens is 5. The van der Waals surface area contributed by atoms with Crippen LogP contribution in [0.15, 0.2) is 67.3 Å². The van der Waals surface area contributed by atoms with Gasteiger partial charge in [0.25, 0.3) is 0 Å². The Hall–Kier alpha value is -3.87. The lowest BCUT2D eigenvalue weighted by atomic mass is 9.98. The largest absolute Gasteiger partial charge is 0.362 e. The number of benzene rings is 2. The van der Waals surface area contributed by atoms with Crippen molar-refractivity contribution in [3.05, 3.63) is 78.6 Å². The summed E-state index contributed by atoms with van der Waals surface area (Å²) in [5, 5.41) is 4.30. The van der Waals surface area contributed by atoms with Crippen molar-refractivity contribution in [2.24, 2.45) is 0 Å². The van der Waals surface area contributed by atoms with Crippen LogP contribution in [0.4, 0.5) is 10.2 Å². The lowest BCUT2D eigenvalue weighted by Gasteiger charge is -2.19. The summed E-state index contributed by atoms with van der Waals surface area (Å²) < 4.78 is 13.8. The number of rotatable bonds is 4. The van der Waals surface area contributed by atoms with E-state index in [4.69, 9.17) is 4.98 Å². The van der Waals surface area contributed by atoms with E-state index in [1.807, 2.05) is 43.3 Å². The number of hydrogen-bond acceptors (Lipinski definition) is 5. The molecule has 0 fully saturated rings. The molecular weight excluding hydrogens is 367 g/mol. The molecule has 7 heteroatoms. The van der Waals surface area contributed by atoms with Crippen LogP contribution >= 0.6 is 0 Å². The van der Waals surface area contributed by atoms with Gasteiger partial charge in [-0.05, 0) is 25.1 Å². The molecule has 0 aliphatic heterocycles. The molecule has 142 valence electrons. The fourth-order valence-electron chi connectivity index (χ4n) is 3.47. The molecule has 3 aromatic heterocycles. The molecule has 2 aromatic carbocycles. The molecule has 6 nitrogen and oxygen atoms in total. The maximum Gasteiger partial charge on any atom is 0.162 e. The number of halogens is 1. The molecule has 5 aromatic rings. The number of nitrogens with one attached hydrogen (secondary N) is 2. The fourth-order valence-corrected chi connectivity index (χ4v) is 3.47.